The Morgan fingerprint density at radius 1 is 1.11 bits per heavy atom. The number of halogens is 7. The van der Waals surface area contributed by atoms with Crippen molar-refractivity contribution in [1.29, 1.82) is 0 Å². The van der Waals surface area contributed by atoms with Crippen molar-refractivity contribution in [2.45, 2.75) is 37.0 Å². The van der Waals surface area contributed by atoms with Crippen LogP contribution in [-0.4, -0.2) is 46.7 Å². The Bertz CT molecular complexity index is 1480. The van der Waals surface area contributed by atoms with Crippen molar-refractivity contribution in [2.75, 3.05) is 5.32 Å². The van der Waals surface area contributed by atoms with E-state index in [1.807, 2.05) is 0 Å². The van der Waals surface area contributed by atoms with Gasteiger partial charge in [-0.2, -0.15) is 41.6 Å². The normalized spacial score (nSPS) is 20.1. The first-order valence-corrected chi connectivity index (χ1v) is 10.5. The molecule has 4 heterocycles. The lowest BCUT2D eigenvalue weighted by molar-refractivity contribution is -0.187. The van der Waals surface area contributed by atoms with E-state index >= 15 is 0 Å². The van der Waals surface area contributed by atoms with Gasteiger partial charge in [-0.05, 0) is 19.4 Å². The van der Waals surface area contributed by atoms with Crippen LogP contribution in [0.4, 0.5) is 32.0 Å². The monoisotopic (exact) mass is 530 g/mol. The van der Waals surface area contributed by atoms with Crippen LogP contribution in [0, 0.1) is 0 Å². The Kier molecular flexibility index (Phi) is 5.24. The lowest BCUT2D eigenvalue weighted by Crippen LogP contribution is -2.39. The van der Waals surface area contributed by atoms with Gasteiger partial charge in [-0.3, -0.25) is 4.79 Å². The second kappa shape index (κ2) is 7.88. The molecule has 0 saturated carbocycles. The molecule has 0 aromatic carbocycles. The van der Waals surface area contributed by atoms with Crippen LogP contribution < -0.4 is 5.32 Å². The highest BCUT2D eigenvalue weighted by Crippen LogP contribution is 2.54. The molecule has 0 unspecified atom stereocenters. The van der Waals surface area contributed by atoms with Crippen molar-refractivity contribution in [2.24, 2.45) is 0 Å². The van der Waals surface area contributed by atoms with Gasteiger partial charge in [0.25, 0.3) is 0 Å². The Labute approximate surface area is 202 Å². The number of anilines is 1. The third-order valence-corrected chi connectivity index (χ3v) is 6.17. The SMILES string of the molecule is C[C@]1(C(F)(F)F)C[C@H](C(=O)Nc2cnc(-n3nccn3)c(C(F)(F)F)c2)c2cnc3cc(Cl)nn3c21. The molecule has 1 aliphatic rings. The molecule has 9 nitrogen and oxygen atoms in total. The molecule has 1 aliphatic carbocycles. The summed E-state index contributed by atoms with van der Waals surface area (Å²) in [5.41, 5.74) is -4.47. The predicted molar refractivity (Wildman–Crippen MR) is 112 cm³/mol. The molecule has 1 amide bonds. The van der Waals surface area contributed by atoms with Gasteiger partial charge in [0, 0.05) is 17.8 Å². The number of fused-ring (bicyclic) bond motifs is 3. The maximum Gasteiger partial charge on any atom is 0.420 e. The number of hydrogen-bond acceptors (Lipinski definition) is 6. The van der Waals surface area contributed by atoms with Gasteiger partial charge in [-0.15, -0.1) is 4.80 Å². The number of pyridine rings is 1. The van der Waals surface area contributed by atoms with Crippen molar-refractivity contribution in [3.8, 4) is 5.82 Å². The van der Waals surface area contributed by atoms with Gasteiger partial charge < -0.3 is 5.32 Å². The largest absolute Gasteiger partial charge is 0.420 e. The summed E-state index contributed by atoms with van der Waals surface area (Å²) in [6.07, 6.45) is -6.03. The summed E-state index contributed by atoms with van der Waals surface area (Å²) in [6, 6.07) is 1.88. The standard InChI is InChI=1S/C20H13ClF6N8O/c1-18(20(25,26)27)6-10(11-8-28-14-5-13(21)33-34(14)15(11)18)17(36)32-9-4-12(19(22,23)24)16(29-7-9)35-30-2-3-31-35/h2-5,7-8,10H,6H2,1H3,(H,32,36)/t10-,18-/m0/s1. The molecule has 5 rings (SSSR count). The number of carbonyl (C=O) groups excluding carboxylic acids is 1. The van der Waals surface area contributed by atoms with Crippen molar-refractivity contribution < 1.29 is 31.1 Å². The van der Waals surface area contributed by atoms with Gasteiger partial charge in [0.1, 0.15) is 11.0 Å². The van der Waals surface area contributed by atoms with Crippen LogP contribution in [0.15, 0.2) is 36.9 Å². The highest BCUT2D eigenvalue weighted by atomic mass is 35.5. The van der Waals surface area contributed by atoms with E-state index in [0.29, 0.717) is 10.9 Å². The first-order valence-electron chi connectivity index (χ1n) is 10.2. The molecule has 4 aromatic rings. The number of rotatable bonds is 3. The van der Waals surface area contributed by atoms with E-state index in [4.69, 9.17) is 11.6 Å². The summed E-state index contributed by atoms with van der Waals surface area (Å²) in [5.74, 6) is -3.00. The van der Waals surface area contributed by atoms with E-state index < -0.39 is 47.4 Å². The molecular formula is C20H13ClF6N8O. The third-order valence-electron chi connectivity index (χ3n) is 5.98. The van der Waals surface area contributed by atoms with E-state index in [0.717, 1.165) is 36.2 Å². The average molecular weight is 531 g/mol. The molecule has 0 spiro atoms. The Balaban J connectivity index is 1.54. The molecule has 0 bridgehead atoms. The lowest BCUT2D eigenvalue weighted by Gasteiger charge is -2.28. The van der Waals surface area contributed by atoms with Gasteiger partial charge in [0.05, 0.1) is 35.9 Å². The molecule has 0 radical (unpaired) electrons. The van der Waals surface area contributed by atoms with E-state index in [1.54, 1.807) is 0 Å². The summed E-state index contributed by atoms with van der Waals surface area (Å²) in [4.78, 5) is 21.5. The van der Waals surface area contributed by atoms with Crippen molar-refractivity contribution >= 4 is 28.8 Å². The Hall–Kier alpha value is -3.75. The second-order valence-corrected chi connectivity index (χ2v) is 8.67. The second-order valence-electron chi connectivity index (χ2n) is 8.29. The molecular weight excluding hydrogens is 518 g/mol. The van der Waals surface area contributed by atoms with Crippen LogP contribution in [0.5, 0.6) is 0 Å². The third kappa shape index (κ3) is 3.73. The van der Waals surface area contributed by atoms with Crippen LogP contribution in [0.1, 0.15) is 36.1 Å². The van der Waals surface area contributed by atoms with E-state index in [9.17, 15) is 31.1 Å². The summed E-state index contributed by atoms with van der Waals surface area (Å²) in [5, 5.41) is 13.3. The molecule has 0 aliphatic heterocycles. The lowest BCUT2D eigenvalue weighted by atomic mass is 9.85. The average Bonchev–Trinajstić information content (AvgIpc) is 3.50. The first kappa shape index (κ1) is 24.0. The molecule has 0 saturated heterocycles. The van der Waals surface area contributed by atoms with Crippen molar-refractivity contribution in [3.63, 3.8) is 0 Å². The van der Waals surface area contributed by atoms with Crippen molar-refractivity contribution in [3.05, 3.63) is 58.9 Å². The fourth-order valence-electron chi connectivity index (χ4n) is 4.27. The number of amides is 1. The van der Waals surface area contributed by atoms with Crippen LogP contribution >= 0.6 is 11.6 Å². The highest BCUT2D eigenvalue weighted by molar-refractivity contribution is 6.29. The number of nitrogens with zero attached hydrogens (tertiary/aromatic N) is 7. The summed E-state index contributed by atoms with van der Waals surface area (Å²) in [7, 11) is 0. The zero-order valence-electron chi connectivity index (χ0n) is 17.9. The van der Waals surface area contributed by atoms with Gasteiger partial charge in [0.15, 0.2) is 16.6 Å². The topological polar surface area (TPSA) is 103 Å². The quantitative estimate of drug-likeness (QED) is 0.396. The van der Waals surface area contributed by atoms with Gasteiger partial charge in [-0.25, -0.2) is 14.5 Å². The zero-order valence-corrected chi connectivity index (χ0v) is 18.7. The molecule has 36 heavy (non-hydrogen) atoms. The van der Waals surface area contributed by atoms with E-state index in [-0.39, 0.29) is 27.7 Å². The van der Waals surface area contributed by atoms with Crippen LogP contribution in [0.25, 0.3) is 11.5 Å². The summed E-state index contributed by atoms with van der Waals surface area (Å²) in [6.45, 7) is 0.920. The Morgan fingerprint density at radius 2 is 1.81 bits per heavy atom. The van der Waals surface area contributed by atoms with E-state index in [1.165, 1.54) is 6.07 Å². The molecule has 188 valence electrons. The minimum Gasteiger partial charge on any atom is -0.324 e. The predicted octanol–water partition coefficient (Wildman–Crippen LogP) is 4.32. The van der Waals surface area contributed by atoms with Gasteiger partial charge >= 0.3 is 12.4 Å². The summed E-state index contributed by atoms with van der Waals surface area (Å²) >= 11 is 5.86. The molecule has 0 fully saturated rings. The van der Waals surface area contributed by atoms with Gasteiger partial charge in [0.2, 0.25) is 5.91 Å². The van der Waals surface area contributed by atoms with Crippen molar-refractivity contribution in [1.82, 2.24) is 34.6 Å². The summed E-state index contributed by atoms with van der Waals surface area (Å²) < 4.78 is 84.6. The molecule has 2 atom stereocenters. The van der Waals surface area contributed by atoms with Gasteiger partial charge in [-0.1, -0.05) is 11.6 Å². The number of nitrogens with one attached hydrogen (secondary N) is 1. The maximum absolute atomic E-state index is 14.2. The van der Waals surface area contributed by atoms with Crippen LogP contribution in [0.3, 0.4) is 0 Å². The highest BCUT2D eigenvalue weighted by Gasteiger charge is 2.60. The molecule has 4 aromatic heterocycles. The van der Waals surface area contributed by atoms with Crippen LogP contribution in [-0.2, 0) is 16.4 Å². The first-order chi connectivity index (χ1) is 16.8. The number of alkyl halides is 6. The maximum atomic E-state index is 14.2. The fourth-order valence-corrected chi connectivity index (χ4v) is 4.45. The number of aromatic nitrogens is 7. The smallest absolute Gasteiger partial charge is 0.324 e. The molecule has 16 heteroatoms. The molecule has 1 N–H and O–H groups in total. The minimum absolute atomic E-state index is 0.0529. The minimum atomic E-state index is -4.89. The number of carbonyl (C=O) groups is 1. The number of hydrogen-bond donors (Lipinski definition) is 1. The van der Waals surface area contributed by atoms with E-state index in [2.05, 4.69) is 30.6 Å². The van der Waals surface area contributed by atoms with Crippen LogP contribution in [0.2, 0.25) is 5.15 Å². The Morgan fingerprint density at radius 3 is 2.44 bits per heavy atom. The zero-order chi connectivity index (χ0) is 26.0. The fraction of sp³-hybridized carbons (Fsp3) is 0.300.